The molecule has 2 heterocycles. The minimum absolute atomic E-state index is 0.193. The highest BCUT2D eigenvalue weighted by Gasteiger charge is 2.40. The zero-order valence-corrected chi connectivity index (χ0v) is 8.01. The van der Waals surface area contributed by atoms with Gasteiger partial charge in [0.25, 0.3) is 0 Å². The lowest BCUT2D eigenvalue weighted by Gasteiger charge is -2.24. The van der Waals surface area contributed by atoms with E-state index in [0.717, 1.165) is 32.4 Å². The summed E-state index contributed by atoms with van der Waals surface area (Å²) in [4.78, 5) is 13.3. The molecule has 0 saturated carbocycles. The summed E-state index contributed by atoms with van der Waals surface area (Å²) >= 11 is 0. The van der Waals surface area contributed by atoms with Crippen molar-refractivity contribution in [1.29, 1.82) is 0 Å². The zero-order chi connectivity index (χ0) is 9.31. The molecular formula is C9H16N2O2. The number of ether oxygens (including phenoxy) is 1. The van der Waals surface area contributed by atoms with Crippen LogP contribution in [0.25, 0.3) is 0 Å². The Morgan fingerprint density at radius 3 is 3.00 bits per heavy atom. The molecular weight excluding hydrogens is 168 g/mol. The maximum atomic E-state index is 11.0. The van der Waals surface area contributed by atoms with E-state index in [4.69, 9.17) is 4.74 Å². The second-order valence-electron chi connectivity index (χ2n) is 4.08. The monoisotopic (exact) mass is 184 g/mol. The van der Waals surface area contributed by atoms with Crippen LogP contribution < -0.4 is 5.32 Å². The Morgan fingerprint density at radius 2 is 2.31 bits per heavy atom. The molecule has 0 bridgehead atoms. The zero-order valence-electron chi connectivity index (χ0n) is 8.01. The Kier molecular flexibility index (Phi) is 2.15. The number of nitrogens with one attached hydrogen (secondary N) is 1. The van der Waals surface area contributed by atoms with E-state index in [1.54, 1.807) is 0 Å². The van der Waals surface area contributed by atoms with Gasteiger partial charge >= 0.3 is 6.09 Å². The second-order valence-corrected chi connectivity index (χ2v) is 4.08. The second kappa shape index (κ2) is 3.18. The highest BCUT2D eigenvalue weighted by molar-refractivity contribution is 5.70. The molecule has 0 aromatic rings. The lowest BCUT2D eigenvalue weighted by Crippen LogP contribution is -2.34. The summed E-state index contributed by atoms with van der Waals surface area (Å²) in [6, 6.07) is 0. The Balaban J connectivity index is 2.02. The summed E-state index contributed by atoms with van der Waals surface area (Å²) in [5, 5.41) is 2.74. The van der Waals surface area contributed by atoms with Crippen LogP contribution in [-0.2, 0) is 4.74 Å². The maximum absolute atomic E-state index is 11.0. The van der Waals surface area contributed by atoms with Gasteiger partial charge in [-0.25, -0.2) is 4.79 Å². The minimum atomic E-state index is -0.246. The Labute approximate surface area is 78.2 Å². The molecule has 1 N–H and O–H groups in total. The Hall–Kier alpha value is -0.770. The number of carbonyl (C=O) groups excluding carboxylic acids is 1. The summed E-state index contributed by atoms with van der Waals surface area (Å²) in [5.74, 6) is 0. The van der Waals surface area contributed by atoms with Crippen molar-refractivity contribution >= 4 is 6.09 Å². The van der Waals surface area contributed by atoms with Crippen LogP contribution >= 0.6 is 0 Å². The van der Waals surface area contributed by atoms with E-state index >= 15 is 0 Å². The third-order valence-electron chi connectivity index (χ3n) is 2.99. The molecule has 2 rings (SSSR count). The third kappa shape index (κ3) is 1.77. The van der Waals surface area contributed by atoms with Crippen LogP contribution in [0.2, 0.25) is 0 Å². The first-order valence-corrected chi connectivity index (χ1v) is 4.86. The molecule has 74 valence electrons. The van der Waals surface area contributed by atoms with E-state index in [0.29, 0.717) is 6.54 Å². The maximum Gasteiger partial charge on any atom is 0.407 e. The molecule has 4 nitrogen and oxygen atoms in total. The summed E-state index contributed by atoms with van der Waals surface area (Å²) in [7, 11) is 2.11. The number of amides is 1. The smallest absolute Gasteiger partial charge is 0.407 e. The highest BCUT2D eigenvalue weighted by Crippen LogP contribution is 2.28. The van der Waals surface area contributed by atoms with Crippen molar-refractivity contribution in [2.45, 2.75) is 24.9 Å². The molecule has 1 unspecified atom stereocenters. The van der Waals surface area contributed by atoms with Gasteiger partial charge in [-0.3, -0.25) is 0 Å². The summed E-state index contributed by atoms with van der Waals surface area (Å²) < 4.78 is 5.34. The van der Waals surface area contributed by atoms with Crippen molar-refractivity contribution in [1.82, 2.24) is 10.2 Å². The molecule has 2 saturated heterocycles. The predicted octanol–water partition coefficient (Wildman–Crippen LogP) is 0.581. The van der Waals surface area contributed by atoms with Crippen molar-refractivity contribution in [2.75, 3.05) is 26.7 Å². The fourth-order valence-electron chi connectivity index (χ4n) is 2.08. The summed E-state index contributed by atoms with van der Waals surface area (Å²) in [5.41, 5.74) is -0.193. The van der Waals surface area contributed by atoms with Crippen LogP contribution in [0.4, 0.5) is 4.79 Å². The first-order chi connectivity index (χ1) is 6.20. The van der Waals surface area contributed by atoms with Crippen LogP contribution in [0.1, 0.15) is 19.3 Å². The lowest BCUT2D eigenvalue weighted by atomic mass is 9.95. The average Bonchev–Trinajstić information content (AvgIpc) is 2.35. The molecule has 1 atom stereocenters. The number of likely N-dealkylation sites (tertiary alicyclic amines) is 1. The molecule has 1 amide bonds. The molecule has 0 aromatic carbocycles. The van der Waals surface area contributed by atoms with E-state index in [1.165, 1.54) is 0 Å². The number of rotatable bonds is 0. The largest absolute Gasteiger partial charge is 0.441 e. The average molecular weight is 184 g/mol. The molecule has 4 heteroatoms. The van der Waals surface area contributed by atoms with Gasteiger partial charge in [-0.2, -0.15) is 0 Å². The van der Waals surface area contributed by atoms with Gasteiger partial charge in [-0.05, 0) is 26.4 Å². The van der Waals surface area contributed by atoms with Crippen molar-refractivity contribution in [3.05, 3.63) is 0 Å². The summed E-state index contributed by atoms with van der Waals surface area (Å²) in [6.45, 7) is 2.83. The number of hydrogen-bond donors (Lipinski definition) is 1. The molecule has 13 heavy (non-hydrogen) atoms. The SMILES string of the molecule is CN1CCCC2(CC1)CNC(=O)O2. The number of alkyl carbamates (subject to hydrolysis) is 1. The minimum Gasteiger partial charge on any atom is -0.441 e. The number of carbonyl (C=O) groups is 1. The molecule has 2 aliphatic heterocycles. The standard InChI is InChI=1S/C9H16N2O2/c1-11-5-2-3-9(4-6-11)7-10-8(12)13-9/h2-7H2,1H3,(H,10,12). The first-order valence-electron chi connectivity index (χ1n) is 4.86. The van der Waals surface area contributed by atoms with Gasteiger partial charge in [0.1, 0.15) is 5.60 Å². The van der Waals surface area contributed by atoms with Crippen LogP contribution in [0.3, 0.4) is 0 Å². The van der Waals surface area contributed by atoms with Crippen LogP contribution in [-0.4, -0.2) is 43.3 Å². The van der Waals surface area contributed by atoms with Crippen molar-refractivity contribution in [2.24, 2.45) is 0 Å². The highest BCUT2D eigenvalue weighted by atomic mass is 16.6. The van der Waals surface area contributed by atoms with Gasteiger partial charge in [0.2, 0.25) is 0 Å². The third-order valence-corrected chi connectivity index (χ3v) is 2.99. The summed E-state index contributed by atoms with van der Waals surface area (Å²) in [6.07, 6.45) is 2.83. The molecule has 2 fully saturated rings. The van der Waals surface area contributed by atoms with Crippen molar-refractivity contribution < 1.29 is 9.53 Å². The molecule has 0 aromatic heterocycles. The van der Waals surface area contributed by atoms with E-state index in [2.05, 4.69) is 17.3 Å². The van der Waals surface area contributed by atoms with Gasteiger partial charge in [-0.15, -0.1) is 0 Å². The van der Waals surface area contributed by atoms with Gasteiger partial charge < -0.3 is 15.0 Å². The normalized spacial score (nSPS) is 35.6. The Bertz CT molecular complexity index is 220. The molecule has 2 aliphatic rings. The quantitative estimate of drug-likeness (QED) is 0.598. The fourth-order valence-corrected chi connectivity index (χ4v) is 2.08. The molecule has 0 aliphatic carbocycles. The van der Waals surface area contributed by atoms with E-state index in [-0.39, 0.29) is 11.7 Å². The van der Waals surface area contributed by atoms with Crippen molar-refractivity contribution in [3.8, 4) is 0 Å². The first kappa shape index (κ1) is 8.81. The van der Waals surface area contributed by atoms with E-state index in [9.17, 15) is 4.79 Å². The van der Waals surface area contributed by atoms with Crippen LogP contribution in [0.5, 0.6) is 0 Å². The Morgan fingerprint density at radius 1 is 1.46 bits per heavy atom. The van der Waals surface area contributed by atoms with E-state index < -0.39 is 0 Å². The van der Waals surface area contributed by atoms with E-state index in [1.807, 2.05) is 0 Å². The number of nitrogens with zero attached hydrogens (tertiary/aromatic N) is 1. The molecule has 0 radical (unpaired) electrons. The van der Waals surface area contributed by atoms with Crippen LogP contribution in [0.15, 0.2) is 0 Å². The van der Waals surface area contributed by atoms with Gasteiger partial charge in [0, 0.05) is 13.0 Å². The predicted molar refractivity (Wildman–Crippen MR) is 48.6 cm³/mol. The molecule has 1 spiro atoms. The van der Waals surface area contributed by atoms with Gasteiger partial charge in [-0.1, -0.05) is 0 Å². The topological polar surface area (TPSA) is 41.6 Å². The lowest BCUT2D eigenvalue weighted by molar-refractivity contribution is 0.0451. The van der Waals surface area contributed by atoms with Gasteiger partial charge in [0.05, 0.1) is 6.54 Å². The van der Waals surface area contributed by atoms with Crippen molar-refractivity contribution in [3.63, 3.8) is 0 Å². The van der Waals surface area contributed by atoms with Gasteiger partial charge in [0.15, 0.2) is 0 Å². The fraction of sp³-hybridized carbons (Fsp3) is 0.889. The number of hydrogen-bond acceptors (Lipinski definition) is 3. The van der Waals surface area contributed by atoms with Crippen LogP contribution in [0, 0.1) is 0 Å².